The predicted molar refractivity (Wildman–Crippen MR) is 55.4 cm³/mol. The van der Waals surface area contributed by atoms with Crippen molar-refractivity contribution < 1.29 is 29.0 Å². The van der Waals surface area contributed by atoms with E-state index in [1.807, 2.05) is 0 Å². The summed E-state index contributed by atoms with van der Waals surface area (Å²) in [7, 11) is 0. The Morgan fingerprint density at radius 1 is 1.44 bits per heavy atom. The Morgan fingerprint density at radius 3 is 2.44 bits per heavy atom. The first-order valence-electron chi connectivity index (χ1n) is 4.65. The van der Waals surface area contributed by atoms with E-state index in [9.17, 15) is 24.0 Å². The Morgan fingerprint density at radius 2 is 2.00 bits per heavy atom. The monoisotopic (exact) mass is 264 g/mol. The smallest absolute Gasteiger partial charge is 0.314 e. The number of halogens is 2. The lowest BCUT2D eigenvalue weighted by Gasteiger charge is -2.21. The van der Waals surface area contributed by atoms with Crippen molar-refractivity contribution in [2.75, 3.05) is 6.61 Å². The van der Waals surface area contributed by atoms with Gasteiger partial charge < -0.3 is 21.1 Å². The molecule has 1 aromatic rings. The number of nitrogens with two attached hydrogens (primary N) is 1. The normalized spacial score (nSPS) is 13.3. The topological polar surface area (TPSA) is 130 Å². The number of aliphatic hydroxyl groups excluding tert-OH is 1. The summed E-state index contributed by atoms with van der Waals surface area (Å²) >= 11 is 0. The van der Waals surface area contributed by atoms with Crippen LogP contribution in [-0.4, -0.2) is 32.8 Å². The maximum absolute atomic E-state index is 13.1. The van der Waals surface area contributed by atoms with E-state index in [0.717, 1.165) is 0 Å². The number of nitro benzene ring substituents is 1. The first kappa shape index (κ1) is 14.1. The maximum atomic E-state index is 13.1. The van der Waals surface area contributed by atoms with Crippen LogP contribution in [-0.2, 0) is 0 Å². The number of hydrogen-bond acceptors (Lipinski definition) is 6. The molecule has 0 aliphatic rings. The fourth-order valence-electron chi connectivity index (χ4n) is 1.29. The predicted octanol–water partition coefficient (Wildman–Crippen LogP) is 0.633. The third-order valence-electron chi connectivity index (χ3n) is 2.31. The number of aliphatic hydroxyl groups is 1. The SMILES string of the molecule is N[C@@H](c1cc(O)c(O)c([N+](=O)[O-])c1)C(F)(F)CO. The Bertz CT molecular complexity index is 480. The number of nitrogens with zero attached hydrogens (tertiary/aromatic N) is 1. The maximum Gasteiger partial charge on any atom is 0.314 e. The average molecular weight is 264 g/mol. The zero-order valence-corrected chi connectivity index (χ0v) is 8.88. The Hall–Kier alpha value is -2.00. The summed E-state index contributed by atoms with van der Waals surface area (Å²) in [5.74, 6) is -5.69. The highest BCUT2D eigenvalue weighted by molar-refractivity contribution is 5.57. The second kappa shape index (κ2) is 4.70. The molecule has 0 aliphatic carbocycles. The second-order valence-corrected chi connectivity index (χ2v) is 3.56. The lowest BCUT2D eigenvalue weighted by molar-refractivity contribution is -0.386. The standard InChI is InChI=1S/C9H10F2N2O5/c10-9(11,3-14)8(12)4-1-5(13(17)18)7(16)6(15)2-4/h1-2,8,14-16H,3,12H2/t8-/m0/s1. The molecule has 5 N–H and O–H groups in total. The van der Waals surface area contributed by atoms with Crippen LogP contribution in [0.4, 0.5) is 14.5 Å². The third kappa shape index (κ3) is 2.46. The summed E-state index contributed by atoms with van der Waals surface area (Å²) < 4.78 is 26.2. The number of alkyl halides is 2. The molecule has 0 spiro atoms. The second-order valence-electron chi connectivity index (χ2n) is 3.56. The van der Waals surface area contributed by atoms with Gasteiger partial charge in [0.2, 0.25) is 5.75 Å². The molecule has 0 unspecified atom stereocenters. The van der Waals surface area contributed by atoms with E-state index < -0.39 is 46.2 Å². The highest BCUT2D eigenvalue weighted by Gasteiger charge is 2.38. The van der Waals surface area contributed by atoms with Crippen molar-refractivity contribution in [2.45, 2.75) is 12.0 Å². The molecule has 0 bridgehead atoms. The summed E-state index contributed by atoms with van der Waals surface area (Å²) in [6.07, 6.45) is 0. The molecule has 1 atom stereocenters. The quantitative estimate of drug-likeness (QED) is 0.358. The summed E-state index contributed by atoms with van der Waals surface area (Å²) in [6.45, 7) is -1.55. The van der Waals surface area contributed by atoms with Crippen molar-refractivity contribution in [3.63, 3.8) is 0 Å². The molecule has 0 heterocycles. The molecular formula is C9H10F2N2O5. The molecule has 100 valence electrons. The Labute approximate surface area is 99.2 Å². The highest BCUT2D eigenvalue weighted by atomic mass is 19.3. The molecule has 7 nitrogen and oxygen atoms in total. The van der Waals surface area contributed by atoms with Gasteiger partial charge in [-0.2, -0.15) is 0 Å². The molecule has 0 aliphatic heterocycles. The van der Waals surface area contributed by atoms with Crippen LogP contribution in [0.2, 0.25) is 0 Å². The van der Waals surface area contributed by atoms with Crippen LogP contribution >= 0.6 is 0 Å². The molecule has 1 aromatic carbocycles. The van der Waals surface area contributed by atoms with Gasteiger partial charge in [0.15, 0.2) is 5.75 Å². The zero-order valence-electron chi connectivity index (χ0n) is 8.88. The molecule has 9 heteroatoms. The lowest BCUT2D eigenvalue weighted by Crippen LogP contribution is -2.36. The van der Waals surface area contributed by atoms with Gasteiger partial charge in [0.05, 0.1) is 11.0 Å². The Balaban J connectivity index is 3.31. The van der Waals surface area contributed by atoms with E-state index in [1.54, 1.807) is 0 Å². The molecule has 0 radical (unpaired) electrons. The molecule has 0 aromatic heterocycles. The highest BCUT2D eigenvalue weighted by Crippen LogP contribution is 2.40. The lowest BCUT2D eigenvalue weighted by atomic mass is 10.0. The van der Waals surface area contributed by atoms with Gasteiger partial charge in [0.1, 0.15) is 6.61 Å². The van der Waals surface area contributed by atoms with Crippen LogP contribution in [0.15, 0.2) is 12.1 Å². The van der Waals surface area contributed by atoms with Gasteiger partial charge >= 0.3 is 5.69 Å². The van der Waals surface area contributed by atoms with Gasteiger partial charge in [0.25, 0.3) is 5.92 Å². The minimum Gasteiger partial charge on any atom is -0.504 e. The van der Waals surface area contributed by atoms with Crippen molar-refractivity contribution in [2.24, 2.45) is 5.73 Å². The van der Waals surface area contributed by atoms with Crippen molar-refractivity contribution in [3.8, 4) is 11.5 Å². The number of phenols is 2. The van der Waals surface area contributed by atoms with Gasteiger partial charge in [-0.3, -0.25) is 10.1 Å². The van der Waals surface area contributed by atoms with Gasteiger partial charge in [-0.25, -0.2) is 8.78 Å². The Kier molecular flexibility index (Phi) is 3.67. The van der Waals surface area contributed by atoms with Crippen LogP contribution in [0.25, 0.3) is 0 Å². The van der Waals surface area contributed by atoms with E-state index in [0.29, 0.717) is 12.1 Å². The average Bonchev–Trinajstić information content (AvgIpc) is 2.31. The van der Waals surface area contributed by atoms with Crippen molar-refractivity contribution in [1.82, 2.24) is 0 Å². The van der Waals surface area contributed by atoms with Crippen LogP contribution in [0.5, 0.6) is 11.5 Å². The van der Waals surface area contributed by atoms with Gasteiger partial charge in [-0.1, -0.05) is 0 Å². The van der Waals surface area contributed by atoms with Crippen molar-refractivity contribution in [1.29, 1.82) is 0 Å². The molecule has 1 rings (SSSR count). The van der Waals surface area contributed by atoms with Crippen LogP contribution in [0.1, 0.15) is 11.6 Å². The van der Waals surface area contributed by atoms with Crippen molar-refractivity contribution >= 4 is 5.69 Å². The van der Waals surface area contributed by atoms with Crippen molar-refractivity contribution in [3.05, 3.63) is 27.8 Å². The number of hydrogen-bond donors (Lipinski definition) is 4. The van der Waals surface area contributed by atoms with E-state index >= 15 is 0 Å². The van der Waals surface area contributed by atoms with E-state index in [1.165, 1.54) is 0 Å². The van der Waals surface area contributed by atoms with Gasteiger partial charge in [-0.05, 0) is 11.6 Å². The number of nitro groups is 1. The summed E-state index contributed by atoms with van der Waals surface area (Å²) in [5.41, 5.74) is 3.72. The fraction of sp³-hybridized carbons (Fsp3) is 0.333. The van der Waals surface area contributed by atoms with Gasteiger partial charge in [-0.15, -0.1) is 0 Å². The largest absolute Gasteiger partial charge is 0.504 e. The summed E-state index contributed by atoms with van der Waals surface area (Å²) in [5, 5.41) is 37.3. The molecular weight excluding hydrogens is 254 g/mol. The molecule has 0 fully saturated rings. The van der Waals surface area contributed by atoms with Crippen LogP contribution in [0.3, 0.4) is 0 Å². The molecule has 0 amide bonds. The minimum absolute atomic E-state index is 0.476. The van der Waals surface area contributed by atoms with Gasteiger partial charge in [0, 0.05) is 6.07 Å². The number of rotatable bonds is 4. The summed E-state index contributed by atoms with van der Waals surface area (Å²) in [4.78, 5) is 9.47. The third-order valence-corrected chi connectivity index (χ3v) is 2.31. The first-order chi connectivity index (χ1) is 8.20. The fourth-order valence-corrected chi connectivity index (χ4v) is 1.29. The minimum atomic E-state index is -3.71. The van der Waals surface area contributed by atoms with E-state index in [2.05, 4.69) is 0 Å². The van der Waals surface area contributed by atoms with Crippen LogP contribution < -0.4 is 5.73 Å². The molecule has 0 saturated heterocycles. The molecule has 18 heavy (non-hydrogen) atoms. The zero-order chi connectivity index (χ0) is 14.1. The summed E-state index contributed by atoms with van der Waals surface area (Å²) in [6, 6.07) is -0.757. The number of benzene rings is 1. The van der Waals surface area contributed by atoms with E-state index in [4.69, 9.17) is 15.9 Å². The van der Waals surface area contributed by atoms with E-state index in [-0.39, 0.29) is 0 Å². The first-order valence-corrected chi connectivity index (χ1v) is 4.65. The number of aromatic hydroxyl groups is 2. The molecule has 0 saturated carbocycles. The van der Waals surface area contributed by atoms with Crippen LogP contribution in [0, 0.1) is 10.1 Å². The number of phenolic OH excluding ortho intramolecular Hbond substituents is 2.